The van der Waals surface area contributed by atoms with Gasteiger partial charge in [0.25, 0.3) is 0 Å². The highest BCUT2D eigenvalue weighted by molar-refractivity contribution is 6.24. The van der Waals surface area contributed by atoms with Crippen molar-refractivity contribution in [3.05, 3.63) is 101 Å². The number of fused-ring (bicyclic) bond motifs is 1. The Hall–Kier alpha value is -3.92. The molecule has 1 aliphatic rings. The van der Waals surface area contributed by atoms with Gasteiger partial charge in [-0.05, 0) is 53.5 Å². The van der Waals surface area contributed by atoms with E-state index in [9.17, 15) is 14.7 Å². The minimum atomic E-state index is -0.524. The number of phenols is 1. The molecule has 29 heavy (non-hydrogen) atoms. The number of ketones is 1. The number of rotatable bonds is 4. The fourth-order valence-corrected chi connectivity index (χ4v) is 3.33. The van der Waals surface area contributed by atoms with Crippen molar-refractivity contribution in [1.29, 1.82) is 0 Å². The number of carbonyl (C=O) groups is 2. The van der Waals surface area contributed by atoms with Crippen molar-refractivity contribution in [1.82, 2.24) is 0 Å². The second-order valence-electron chi connectivity index (χ2n) is 6.74. The summed E-state index contributed by atoms with van der Waals surface area (Å²) in [6, 6.07) is 21.7. The van der Waals surface area contributed by atoms with Crippen molar-refractivity contribution in [2.45, 2.75) is 6.92 Å². The zero-order valence-corrected chi connectivity index (χ0v) is 15.8. The van der Waals surface area contributed by atoms with Crippen LogP contribution in [0.25, 0.3) is 17.2 Å². The second-order valence-corrected chi connectivity index (χ2v) is 6.74. The summed E-state index contributed by atoms with van der Waals surface area (Å²) in [6.07, 6.45) is 3.83. The highest BCUT2D eigenvalue weighted by atomic mass is 16.5. The summed E-state index contributed by atoms with van der Waals surface area (Å²) >= 11 is 0. The van der Waals surface area contributed by atoms with Gasteiger partial charge in [0.15, 0.2) is 5.78 Å². The molecule has 3 aromatic carbocycles. The molecule has 0 bridgehead atoms. The van der Waals surface area contributed by atoms with Gasteiger partial charge in [-0.15, -0.1) is 0 Å². The van der Waals surface area contributed by atoms with Crippen LogP contribution in [-0.2, 0) is 4.79 Å². The van der Waals surface area contributed by atoms with Gasteiger partial charge in [0, 0.05) is 6.07 Å². The first kappa shape index (κ1) is 18.4. The largest absolute Gasteiger partial charge is 0.507 e. The van der Waals surface area contributed by atoms with E-state index in [0.29, 0.717) is 5.57 Å². The molecule has 0 aliphatic heterocycles. The molecule has 4 nitrogen and oxygen atoms in total. The number of hydrogen-bond donors (Lipinski definition) is 1. The van der Waals surface area contributed by atoms with Gasteiger partial charge in [0.1, 0.15) is 11.5 Å². The minimum Gasteiger partial charge on any atom is -0.507 e. The van der Waals surface area contributed by atoms with Gasteiger partial charge < -0.3 is 9.84 Å². The van der Waals surface area contributed by atoms with Gasteiger partial charge in [0.05, 0.1) is 11.1 Å². The average molecular weight is 382 g/mol. The average Bonchev–Trinajstić information content (AvgIpc) is 3.07. The molecule has 4 heteroatoms. The molecule has 0 saturated carbocycles. The van der Waals surface area contributed by atoms with Crippen molar-refractivity contribution in [2.75, 3.05) is 0 Å². The maximum absolute atomic E-state index is 12.8. The molecular weight excluding hydrogens is 364 g/mol. The van der Waals surface area contributed by atoms with Crippen LogP contribution in [-0.4, -0.2) is 16.9 Å². The first-order valence-electron chi connectivity index (χ1n) is 9.17. The second kappa shape index (κ2) is 7.60. The lowest BCUT2D eigenvalue weighted by Gasteiger charge is -2.08. The number of esters is 1. The number of hydrogen-bond acceptors (Lipinski definition) is 4. The van der Waals surface area contributed by atoms with Gasteiger partial charge in [-0.2, -0.15) is 0 Å². The van der Waals surface area contributed by atoms with Crippen LogP contribution in [0.15, 0.2) is 78.9 Å². The van der Waals surface area contributed by atoms with Gasteiger partial charge in [0.2, 0.25) is 0 Å². The van der Waals surface area contributed by atoms with Crippen molar-refractivity contribution < 1.29 is 19.4 Å². The number of allylic oxidation sites excluding steroid dienone is 2. The van der Waals surface area contributed by atoms with Crippen molar-refractivity contribution in [2.24, 2.45) is 0 Å². The van der Waals surface area contributed by atoms with Crippen LogP contribution in [0.3, 0.4) is 0 Å². The van der Waals surface area contributed by atoms with Crippen LogP contribution in [0.4, 0.5) is 0 Å². The molecule has 1 aliphatic carbocycles. The molecule has 0 fully saturated rings. The molecule has 3 aromatic rings. The van der Waals surface area contributed by atoms with Gasteiger partial charge >= 0.3 is 5.97 Å². The number of ether oxygens (including phenoxy) is 1. The summed E-state index contributed by atoms with van der Waals surface area (Å²) in [6.45, 7) is 1.36. The number of benzene rings is 3. The molecule has 0 atom stereocenters. The summed E-state index contributed by atoms with van der Waals surface area (Å²) in [5, 5.41) is 9.97. The fourth-order valence-electron chi connectivity index (χ4n) is 3.33. The molecule has 0 heterocycles. The predicted octanol–water partition coefficient (Wildman–Crippen LogP) is 5.14. The first-order valence-corrected chi connectivity index (χ1v) is 9.17. The lowest BCUT2D eigenvalue weighted by molar-refractivity contribution is -0.127. The predicted molar refractivity (Wildman–Crippen MR) is 112 cm³/mol. The number of phenolic OH excluding ortho intramolecular Hbond substituents is 1. The summed E-state index contributed by atoms with van der Waals surface area (Å²) in [5.74, 6) is -0.822. The summed E-state index contributed by atoms with van der Waals surface area (Å²) < 4.78 is 5.46. The molecular formula is C25H18O4. The molecule has 0 unspecified atom stereocenters. The Morgan fingerprint density at radius 2 is 1.59 bits per heavy atom. The van der Waals surface area contributed by atoms with Crippen LogP contribution in [0.1, 0.15) is 34.0 Å². The molecule has 142 valence electrons. The van der Waals surface area contributed by atoms with Gasteiger partial charge in [-0.3, -0.25) is 4.79 Å². The molecule has 4 rings (SSSR count). The lowest BCUT2D eigenvalue weighted by atomic mass is 10.0. The zero-order chi connectivity index (χ0) is 20.4. The van der Waals surface area contributed by atoms with Crippen molar-refractivity contribution in [3.63, 3.8) is 0 Å². The third-order valence-electron chi connectivity index (χ3n) is 4.73. The molecule has 1 N–H and O–H groups in total. The zero-order valence-electron chi connectivity index (χ0n) is 15.8. The summed E-state index contributed by atoms with van der Waals surface area (Å²) in [4.78, 5) is 24.3. The maximum Gasteiger partial charge on any atom is 0.344 e. The Morgan fingerprint density at radius 1 is 0.897 bits per heavy atom. The number of aromatic hydroxyl groups is 1. The number of carbonyl (C=O) groups excluding carboxylic acids is 2. The van der Waals surface area contributed by atoms with Crippen LogP contribution in [0.5, 0.6) is 11.5 Å². The Morgan fingerprint density at radius 3 is 2.28 bits per heavy atom. The quantitative estimate of drug-likeness (QED) is 0.386. The molecule has 0 radical (unpaired) electrons. The van der Waals surface area contributed by atoms with E-state index in [1.165, 1.54) is 25.1 Å². The molecule has 0 amide bonds. The Labute approximate surface area is 168 Å². The monoisotopic (exact) mass is 382 g/mol. The topological polar surface area (TPSA) is 63.6 Å². The normalized spacial score (nSPS) is 13.7. The summed E-state index contributed by atoms with van der Waals surface area (Å²) in [7, 11) is 0. The number of Topliss-reactive ketones (excluding diaryl/α,β-unsaturated/α-hetero) is 1. The highest BCUT2D eigenvalue weighted by Gasteiger charge is 2.25. The van der Waals surface area contributed by atoms with Crippen LogP contribution in [0.2, 0.25) is 0 Å². The van der Waals surface area contributed by atoms with E-state index in [2.05, 4.69) is 0 Å². The van der Waals surface area contributed by atoms with E-state index in [0.717, 1.165) is 22.3 Å². The lowest BCUT2D eigenvalue weighted by Crippen LogP contribution is -2.09. The van der Waals surface area contributed by atoms with Crippen molar-refractivity contribution in [3.8, 4) is 11.5 Å². The Kier molecular flexibility index (Phi) is 4.83. The fraction of sp³-hybridized carbons (Fsp3) is 0.0400. The molecule has 0 spiro atoms. The Bertz CT molecular complexity index is 1170. The van der Waals surface area contributed by atoms with Gasteiger partial charge in [-0.1, -0.05) is 54.6 Å². The third kappa shape index (κ3) is 3.73. The van der Waals surface area contributed by atoms with Gasteiger partial charge in [-0.25, -0.2) is 4.79 Å². The molecule has 0 saturated heterocycles. The van der Waals surface area contributed by atoms with E-state index in [-0.39, 0.29) is 22.8 Å². The molecule has 0 aromatic heterocycles. The van der Waals surface area contributed by atoms with Crippen LogP contribution in [0, 0.1) is 0 Å². The van der Waals surface area contributed by atoms with E-state index in [1.54, 1.807) is 0 Å². The maximum atomic E-state index is 12.8. The Balaban J connectivity index is 1.66. The smallest absolute Gasteiger partial charge is 0.344 e. The van der Waals surface area contributed by atoms with E-state index < -0.39 is 5.97 Å². The summed E-state index contributed by atoms with van der Waals surface area (Å²) in [5.41, 5.74) is 4.34. The third-order valence-corrected chi connectivity index (χ3v) is 4.73. The first-order chi connectivity index (χ1) is 14.0. The van der Waals surface area contributed by atoms with Crippen molar-refractivity contribution >= 4 is 29.0 Å². The van der Waals surface area contributed by atoms with E-state index >= 15 is 0 Å². The standard InChI is InChI=1S/C25H18O4/c1-16(26)20-12-11-19(15-24(20)27)29-25(28)23-14-18(13-17-7-3-2-4-8-17)21-9-5-6-10-22(21)23/h2-15,27H,1H3/b18-13+. The SMILES string of the molecule is CC(=O)c1ccc(OC(=O)C2=C/C(=C\c3ccccc3)c3ccccc32)cc1O. The van der Waals surface area contributed by atoms with Crippen LogP contribution >= 0.6 is 0 Å². The van der Waals surface area contributed by atoms with Crippen LogP contribution < -0.4 is 4.74 Å². The minimum absolute atomic E-state index is 0.177. The van der Waals surface area contributed by atoms with E-state index in [4.69, 9.17) is 4.74 Å². The highest BCUT2D eigenvalue weighted by Crippen LogP contribution is 2.37. The van der Waals surface area contributed by atoms with E-state index in [1.807, 2.05) is 66.7 Å².